The molecule has 0 amide bonds. The fourth-order valence-corrected chi connectivity index (χ4v) is 2.38. The highest BCUT2D eigenvalue weighted by Gasteiger charge is 2.06. The van der Waals surface area contributed by atoms with Gasteiger partial charge in [-0.2, -0.15) is 0 Å². The Labute approximate surface area is 128 Å². The Hall–Kier alpha value is -1.39. The van der Waals surface area contributed by atoms with Crippen molar-refractivity contribution in [2.45, 2.75) is 27.3 Å². The molecule has 20 heavy (non-hydrogen) atoms. The van der Waals surface area contributed by atoms with Crippen molar-refractivity contribution < 1.29 is 4.74 Å². The summed E-state index contributed by atoms with van der Waals surface area (Å²) < 4.78 is 7.03. The molecule has 1 heterocycles. The second kappa shape index (κ2) is 6.37. The van der Waals surface area contributed by atoms with Crippen LogP contribution >= 0.6 is 15.9 Å². The second-order valence-corrected chi connectivity index (χ2v) is 5.75. The van der Waals surface area contributed by atoms with Gasteiger partial charge < -0.3 is 10.1 Å². The highest BCUT2D eigenvalue weighted by atomic mass is 79.9. The van der Waals surface area contributed by atoms with Crippen LogP contribution in [0.2, 0.25) is 0 Å². The maximum absolute atomic E-state index is 5.90. The highest BCUT2D eigenvalue weighted by molar-refractivity contribution is 9.10. The molecule has 1 aromatic carbocycles. The quantitative estimate of drug-likeness (QED) is 0.905. The molecule has 0 aliphatic carbocycles. The van der Waals surface area contributed by atoms with Gasteiger partial charge in [-0.1, -0.05) is 15.9 Å². The van der Waals surface area contributed by atoms with Gasteiger partial charge in [0.1, 0.15) is 5.75 Å². The van der Waals surface area contributed by atoms with Gasteiger partial charge in [-0.15, -0.1) is 0 Å². The molecular weight excluding hydrogens is 316 g/mol. The average molecular weight is 335 g/mol. The Kier molecular flexibility index (Phi) is 4.78. The van der Waals surface area contributed by atoms with Crippen LogP contribution in [0.5, 0.6) is 11.6 Å². The lowest BCUT2D eigenvalue weighted by Gasteiger charge is -2.11. The summed E-state index contributed by atoms with van der Waals surface area (Å²) in [6.07, 6.45) is 0. The van der Waals surface area contributed by atoms with Gasteiger partial charge in [0.05, 0.1) is 0 Å². The van der Waals surface area contributed by atoms with Crippen molar-refractivity contribution >= 4 is 15.9 Å². The number of nitrogens with zero attached hydrogens (tertiary/aromatic N) is 1. The lowest BCUT2D eigenvalue weighted by atomic mass is 10.1. The molecule has 1 aromatic heterocycles. The summed E-state index contributed by atoms with van der Waals surface area (Å²) in [5.74, 6) is 1.45. The largest absolute Gasteiger partial charge is 0.439 e. The van der Waals surface area contributed by atoms with Crippen molar-refractivity contribution in [2.24, 2.45) is 0 Å². The lowest BCUT2D eigenvalue weighted by molar-refractivity contribution is 0.459. The van der Waals surface area contributed by atoms with E-state index in [1.807, 2.05) is 32.2 Å². The van der Waals surface area contributed by atoms with Gasteiger partial charge in [-0.25, -0.2) is 4.98 Å². The number of rotatable bonds is 4. The summed E-state index contributed by atoms with van der Waals surface area (Å²) in [6.45, 7) is 6.89. The average Bonchev–Trinajstić information content (AvgIpc) is 2.35. The van der Waals surface area contributed by atoms with Gasteiger partial charge in [0, 0.05) is 22.8 Å². The van der Waals surface area contributed by atoms with Gasteiger partial charge in [-0.05, 0) is 62.7 Å². The summed E-state index contributed by atoms with van der Waals surface area (Å²) in [6, 6.07) is 8.05. The molecular formula is C16H19BrN2O. The molecule has 0 fully saturated rings. The smallest absolute Gasteiger partial charge is 0.219 e. The maximum atomic E-state index is 5.90. The molecule has 0 aliphatic heterocycles. The maximum Gasteiger partial charge on any atom is 0.219 e. The van der Waals surface area contributed by atoms with E-state index in [-0.39, 0.29) is 0 Å². The number of hydrogen-bond donors (Lipinski definition) is 1. The SMILES string of the molecule is CNCc1cc(C)nc(Oc2cc(C)c(Br)c(C)c2)c1. The van der Waals surface area contributed by atoms with E-state index in [4.69, 9.17) is 4.74 Å². The molecule has 0 spiro atoms. The van der Waals surface area contributed by atoms with Crippen LogP contribution in [0.4, 0.5) is 0 Å². The summed E-state index contributed by atoms with van der Waals surface area (Å²) in [4.78, 5) is 4.43. The first-order valence-corrected chi connectivity index (χ1v) is 7.35. The zero-order valence-electron chi connectivity index (χ0n) is 12.2. The Balaban J connectivity index is 2.30. The highest BCUT2D eigenvalue weighted by Crippen LogP contribution is 2.29. The molecule has 0 aliphatic rings. The molecule has 0 saturated heterocycles. The molecule has 0 saturated carbocycles. The number of aromatic nitrogens is 1. The van der Waals surface area contributed by atoms with Gasteiger partial charge in [0.2, 0.25) is 5.88 Å². The van der Waals surface area contributed by atoms with Crippen molar-refractivity contribution in [3.8, 4) is 11.6 Å². The predicted molar refractivity (Wildman–Crippen MR) is 85.4 cm³/mol. The van der Waals surface area contributed by atoms with Crippen LogP contribution < -0.4 is 10.1 Å². The van der Waals surface area contributed by atoms with Crippen LogP contribution in [0, 0.1) is 20.8 Å². The van der Waals surface area contributed by atoms with Crippen molar-refractivity contribution in [2.75, 3.05) is 7.05 Å². The summed E-state index contributed by atoms with van der Waals surface area (Å²) in [5.41, 5.74) is 4.44. The van der Waals surface area contributed by atoms with E-state index < -0.39 is 0 Å². The normalized spacial score (nSPS) is 10.7. The van der Waals surface area contributed by atoms with Crippen molar-refractivity contribution in [3.63, 3.8) is 0 Å². The molecule has 2 rings (SSSR count). The van der Waals surface area contributed by atoms with Gasteiger partial charge in [-0.3, -0.25) is 0 Å². The third-order valence-electron chi connectivity index (χ3n) is 3.00. The van der Waals surface area contributed by atoms with Crippen LogP contribution in [-0.4, -0.2) is 12.0 Å². The number of pyridine rings is 1. The number of halogens is 1. The van der Waals surface area contributed by atoms with Gasteiger partial charge in [0.25, 0.3) is 0 Å². The molecule has 1 N–H and O–H groups in total. The number of benzene rings is 1. The second-order valence-electron chi connectivity index (χ2n) is 4.96. The van der Waals surface area contributed by atoms with E-state index in [9.17, 15) is 0 Å². The fourth-order valence-electron chi connectivity index (χ4n) is 2.15. The van der Waals surface area contributed by atoms with Crippen LogP contribution in [-0.2, 0) is 6.54 Å². The van der Waals surface area contributed by atoms with Gasteiger partial charge >= 0.3 is 0 Å². The third-order valence-corrected chi connectivity index (χ3v) is 4.25. The first kappa shape index (κ1) is 15.0. The Morgan fingerprint density at radius 1 is 1.10 bits per heavy atom. The molecule has 106 valence electrons. The van der Waals surface area contributed by atoms with E-state index in [0.29, 0.717) is 5.88 Å². The number of nitrogens with one attached hydrogen (secondary N) is 1. The molecule has 0 bridgehead atoms. The van der Waals surface area contributed by atoms with Crippen LogP contribution in [0.3, 0.4) is 0 Å². The van der Waals surface area contributed by atoms with E-state index in [2.05, 4.69) is 46.1 Å². The number of hydrogen-bond acceptors (Lipinski definition) is 3. The predicted octanol–water partition coefficient (Wildman–Crippen LogP) is 4.28. The first-order chi connectivity index (χ1) is 9.49. The zero-order valence-corrected chi connectivity index (χ0v) is 13.8. The van der Waals surface area contributed by atoms with E-state index in [1.165, 1.54) is 5.56 Å². The molecule has 4 heteroatoms. The molecule has 0 radical (unpaired) electrons. The molecule has 2 aromatic rings. The first-order valence-electron chi connectivity index (χ1n) is 6.56. The van der Waals surface area contributed by atoms with Crippen LogP contribution in [0.25, 0.3) is 0 Å². The Morgan fingerprint density at radius 2 is 1.75 bits per heavy atom. The standard InChI is InChI=1S/C16H19BrN2O/c1-10-5-14(6-11(2)16(10)17)20-15-8-13(9-18-4)7-12(3)19-15/h5-8,18H,9H2,1-4H3. The number of ether oxygens (including phenoxy) is 1. The van der Waals surface area contributed by atoms with Crippen molar-refractivity contribution in [1.29, 1.82) is 0 Å². The molecule has 0 unspecified atom stereocenters. The summed E-state index contributed by atoms with van der Waals surface area (Å²) >= 11 is 3.56. The van der Waals surface area contributed by atoms with Crippen LogP contribution in [0.1, 0.15) is 22.4 Å². The third kappa shape index (κ3) is 3.58. The van der Waals surface area contributed by atoms with Crippen LogP contribution in [0.15, 0.2) is 28.7 Å². The Bertz CT molecular complexity index is 603. The molecule has 0 atom stereocenters. The Morgan fingerprint density at radius 3 is 2.35 bits per heavy atom. The van der Waals surface area contributed by atoms with Crippen molar-refractivity contribution in [1.82, 2.24) is 10.3 Å². The zero-order chi connectivity index (χ0) is 14.7. The molecule has 3 nitrogen and oxygen atoms in total. The minimum atomic E-state index is 0.636. The summed E-state index contributed by atoms with van der Waals surface area (Å²) in [5, 5.41) is 3.14. The minimum absolute atomic E-state index is 0.636. The summed E-state index contributed by atoms with van der Waals surface area (Å²) in [7, 11) is 1.93. The van der Waals surface area contributed by atoms with E-state index in [0.717, 1.165) is 33.6 Å². The minimum Gasteiger partial charge on any atom is -0.439 e. The monoisotopic (exact) mass is 334 g/mol. The topological polar surface area (TPSA) is 34.2 Å². The lowest BCUT2D eigenvalue weighted by Crippen LogP contribution is -2.06. The van der Waals surface area contributed by atoms with E-state index in [1.54, 1.807) is 0 Å². The van der Waals surface area contributed by atoms with Crippen molar-refractivity contribution in [3.05, 3.63) is 51.1 Å². The number of aryl methyl sites for hydroxylation is 3. The van der Waals surface area contributed by atoms with E-state index >= 15 is 0 Å². The van der Waals surface area contributed by atoms with Gasteiger partial charge in [0.15, 0.2) is 0 Å². The fraction of sp³-hybridized carbons (Fsp3) is 0.312.